The largest absolute Gasteiger partial charge is 0.482 e. The maximum absolute atomic E-state index is 12.9. The van der Waals surface area contributed by atoms with Gasteiger partial charge in [-0.15, -0.1) is 0 Å². The number of hydrogen-bond acceptors (Lipinski definition) is 4. The highest BCUT2D eigenvalue weighted by molar-refractivity contribution is 6.32. The van der Waals surface area contributed by atoms with Crippen LogP contribution in [0.3, 0.4) is 0 Å². The molecule has 0 aliphatic carbocycles. The van der Waals surface area contributed by atoms with Crippen molar-refractivity contribution in [2.24, 2.45) is 0 Å². The standard InChI is InChI=1S/C24H16Cl2FN3O3/c25-17-2-1-3-20(12-17)30-24(32)16(13-28)10-15-4-9-22(21(26)11-15)33-14-23(31)29-19-7-5-18(27)6-8-19/h1-12H,14H2,(H,29,31)(H,30,32)/b16-10-. The molecule has 6 nitrogen and oxygen atoms in total. The van der Waals surface area contributed by atoms with Crippen LogP contribution in [-0.2, 0) is 9.59 Å². The second-order valence-electron chi connectivity index (χ2n) is 6.67. The zero-order chi connectivity index (χ0) is 23.8. The number of nitriles is 1. The molecule has 0 spiro atoms. The number of anilines is 2. The third kappa shape index (κ3) is 7.07. The zero-order valence-corrected chi connectivity index (χ0v) is 18.5. The van der Waals surface area contributed by atoms with Crippen molar-refractivity contribution in [3.8, 4) is 11.8 Å². The lowest BCUT2D eigenvalue weighted by molar-refractivity contribution is -0.118. The number of nitrogens with zero attached hydrogens (tertiary/aromatic N) is 1. The summed E-state index contributed by atoms with van der Waals surface area (Å²) in [5, 5.41) is 15.2. The van der Waals surface area contributed by atoms with E-state index in [9.17, 15) is 19.2 Å². The van der Waals surface area contributed by atoms with E-state index in [1.165, 1.54) is 42.5 Å². The van der Waals surface area contributed by atoms with E-state index in [0.717, 1.165) is 0 Å². The Kier molecular flexibility index (Phi) is 8.03. The van der Waals surface area contributed by atoms with Gasteiger partial charge in [-0.3, -0.25) is 9.59 Å². The fourth-order valence-electron chi connectivity index (χ4n) is 2.68. The molecular formula is C24H16Cl2FN3O3. The predicted octanol–water partition coefficient (Wildman–Crippen LogP) is 5.70. The molecule has 2 amide bonds. The molecule has 0 heterocycles. The summed E-state index contributed by atoms with van der Waals surface area (Å²) in [4.78, 5) is 24.4. The van der Waals surface area contributed by atoms with Gasteiger partial charge in [-0.05, 0) is 66.2 Å². The van der Waals surface area contributed by atoms with Gasteiger partial charge in [0, 0.05) is 16.4 Å². The van der Waals surface area contributed by atoms with Crippen molar-refractivity contribution >= 4 is 52.5 Å². The van der Waals surface area contributed by atoms with E-state index < -0.39 is 17.6 Å². The average molecular weight is 484 g/mol. The number of benzene rings is 3. The lowest BCUT2D eigenvalue weighted by atomic mass is 10.1. The maximum Gasteiger partial charge on any atom is 0.266 e. The number of hydrogen-bond donors (Lipinski definition) is 2. The number of carbonyl (C=O) groups excluding carboxylic acids is 2. The molecule has 0 bridgehead atoms. The van der Waals surface area contributed by atoms with Crippen LogP contribution in [0.5, 0.6) is 5.75 Å². The Hall–Kier alpha value is -3.86. The summed E-state index contributed by atoms with van der Waals surface area (Å²) in [6, 6.07) is 18.3. The summed E-state index contributed by atoms with van der Waals surface area (Å²) < 4.78 is 18.4. The van der Waals surface area contributed by atoms with E-state index in [1.54, 1.807) is 30.3 Å². The van der Waals surface area contributed by atoms with Crippen molar-refractivity contribution in [1.29, 1.82) is 5.26 Å². The van der Waals surface area contributed by atoms with Crippen LogP contribution in [-0.4, -0.2) is 18.4 Å². The van der Waals surface area contributed by atoms with Crippen molar-refractivity contribution in [2.45, 2.75) is 0 Å². The minimum Gasteiger partial charge on any atom is -0.482 e. The van der Waals surface area contributed by atoms with Crippen LogP contribution in [0.25, 0.3) is 6.08 Å². The van der Waals surface area contributed by atoms with Crippen LogP contribution in [0, 0.1) is 17.1 Å². The third-order valence-electron chi connectivity index (χ3n) is 4.20. The Morgan fingerprint density at radius 1 is 1.00 bits per heavy atom. The summed E-state index contributed by atoms with van der Waals surface area (Å²) in [5.41, 5.74) is 1.23. The first-order valence-corrected chi connectivity index (χ1v) is 10.3. The maximum atomic E-state index is 12.9. The normalized spacial score (nSPS) is 10.8. The Bertz CT molecular complexity index is 1250. The van der Waals surface area contributed by atoms with Crippen LogP contribution in [0.15, 0.2) is 72.3 Å². The Morgan fingerprint density at radius 2 is 1.76 bits per heavy atom. The van der Waals surface area contributed by atoms with Gasteiger partial charge in [0.15, 0.2) is 6.61 Å². The summed E-state index contributed by atoms with van der Waals surface area (Å²) in [6.07, 6.45) is 1.37. The van der Waals surface area contributed by atoms with Gasteiger partial charge in [0.25, 0.3) is 11.8 Å². The molecule has 3 rings (SSSR count). The smallest absolute Gasteiger partial charge is 0.266 e. The highest BCUT2D eigenvalue weighted by Crippen LogP contribution is 2.27. The quantitative estimate of drug-likeness (QED) is 0.333. The number of ether oxygens (including phenoxy) is 1. The Labute approximate surface area is 199 Å². The number of rotatable bonds is 7. The molecule has 2 N–H and O–H groups in total. The molecular weight excluding hydrogens is 468 g/mol. The van der Waals surface area contributed by atoms with Gasteiger partial charge in [-0.2, -0.15) is 5.26 Å². The minimum absolute atomic E-state index is 0.140. The van der Waals surface area contributed by atoms with Gasteiger partial charge in [-0.25, -0.2) is 4.39 Å². The van der Waals surface area contributed by atoms with Crippen molar-refractivity contribution in [2.75, 3.05) is 17.2 Å². The highest BCUT2D eigenvalue weighted by atomic mass is 35.5. The van der Waals surface area contributed by atoms with E-state index >= 15 is 0 Å². The van der Waals surface area contributed by atoms with Crippen molar-refractivity contribution < 1.29 is 18.7 Å². The SMILES string of the molecule is N#C/C(=C/c1ccc(OCC(=O)Nc2ccc(F)cc2)c(Cl)c1)C(=O)Nc1cccc(Cl)c1. The van der Waals surface area contributed by atoms with Gasteiger partial charge in [0.2, 0.25) is 0 Å². The predicted molar refractivity (Wildman–Crippen MR) is 126 cm³/mol. The molecule has 0 unspecified atom stereocenters. The molecule has 3 aromatic carbocycles. The van der Waals surface area contributed by atoms with Crippen molar-refractivity contribution in [1.82, 2.24) is 0 Å². The van der Waals surface area contributed by atoms with E-state index in [0.29, 0.717) is 22.0 Å². The van der Waals surface area contributed by atoms with E-state index in [-0.39, 0.29) is 23.0 Å². The summed E-state index contributed by atoms with van der Waals surface area (Å²) in [7, 11) is 0. The molecule has 0 aliphatic rings. The lowest BCUT2D eigenvalue weighted by Crippen LogP contribution is -2.20. The number of carbonyl (C=O) groups is 2. The second-order valence-corrected chi connectivity index (χ2v) is 7.51. The number of halogens is 3. The summed E-state index contributed by atoms with van der Waals surface area (Å²) in [5.74, 6) is -1.23. The van der Waals surface area contributed by atoms with Gasteiger partial charge >= 0.3 is 0 Å². The molecule has 9 heteroatoms. The van der Waals surface area contributed by atoms with Crippen LogP contribution < -0.4 is 15.4 Å². The molecule has 0 aromatic heterocycles. The molecule has 33 heavy (non-hydrogen) atoms. The topological polar surface area (TPSA) is 91.2 Å². The summed E-state index contributed by atoms with van der Waals surface area (Å²) in [6.45, 7) is -0.322. The van der Waals surface area contributed by atoms with Crippen LogP contribution in [0.1, 0.15) is 5.56 Å². The molecule has 0 aliphatic heterocycles. The second kappa shape index (κ2) is 11.1. The van der Waals surface area contributed by atoms with E-state index in [1.807, 2.05) is 6.07 Å². The summed E-state index contributed by atoms with van der Waals surface area (Å²) >= 11 is 12.1. The zero-order valence-electron chi connectivity index (χ0n) is 16.9. The Balaban J connectivity index is 1.63. The molecule has 3 aromatic rings. The first-order chi connectivity index (χ1) is 15.8. The fraction of sp³-hybridized carbons (Fsp3) is 0.0417. The highest BCUT2D eigenvalue weighted by Gasteiger charge is 2.12. The fourth-order valence-corrected chi connectivity index (χ4v) is 3.11. The monoisotopic (exact) mass is 483 g/mol. The van der Waals surface area contributed by atoms with Crippen molar-refractivity contribution in [3.63, 3.8) is 0 Å². The van der Waals surface area contributed by atoms with Crippen LogP contribution >= 0.6 is 23.2 Å². The first kappa shape index (κ1) is 23.8. The molecule has 0 atom stereocenters. The average Bonchev–Trinajstić information content (AvgIpc) is 2.78. The van der Waals surface area contributed by atoms with Gasteiger partial charge in [-0.1, -0.05) is 35.3 Å². The van der Waals surface area contributed by atoms with Gasteiger partial charge in [0.1, 0.15) is 23.2 Å². The van der Waals surface area contributed by atoms with Gasteiger partial charge in [0.05, 0.1) is 5.02 Å². The molecule has 166 valence electrons. The lowest BCUT2D eigenvalue weighted by Gasteiger charge is -2.10. The van der Waals surface area contributed by atoms with E-state index in [2.05, 4.69) is 10.6 Å². The third-order valence-corrected chi connectivity index (χ3v) is 4.73. The van der Waals surface area contributed by atoms with Crippen molar-refractivity contribution in [3.05, 3.63) is 93.7 Å². The van der Waals surface area contributed by atoms with Crippen LogP contribution in [0.2, 0.25) is 10.0 Å². The molecule has 0 saturated carbocycles. The van der Waals surface area contributed by atoms with Crippen LogP contribution in [0.4, 0.5) is 15.8 Å². The Morgan fingerprint density at radius 3 is 2.42 bits per heavy atom. The van der Waals surface area contributed by atoms with E-state index in [4.69, 9.17) is 27.9 Å². The number of nitrogens with one attached hydrogen (secondary N) is 2. The van der Waals surface area contributed by atoms with Gasteiger partial charge < -0.3 is 15.4 Å². The molecule has 0 saturated heterocycles. The molecule has 0 radical (unpaired) electrons. The molecule has 0 fully saturated rings. The number of amides is 2. The first-order valence-electron chi connectivity index (χ1n) is 9.50. The minimum atomic E-state index is -0.603.